The molecule has 4 heteroatoms. The average molecular weight is 288 g/mol. The summed E-state index contributed by atoms with van der Waals surface area (Å²) in [5.74, 6) is 0.396. The van der Waals surface area contributed by atoms with Crippen LogP contribution in [0.2, 0.25) is 0 Å². The molecule has 2 aliphatic heterocycles. The molecule has 0 aliphatic carbocycles. The number of nitrogens with zero attached hydrogens (tertiary/aromatic N) is 1. The van der Waals surface area contributed by atoms with Crippen LogP contribution in [0.3, 0.4) is 0 Å². The predicted molar refractivity (Wildman–Crippen MR) is 81.9 cm³/mol. The lowest BCUT2D eigenvalue weighted by atomic mass is 9.76. The molecular weight excluding hydrogens is 264 g/mol. The summed E-state index contributed by atoms with van der Waals surface area (Å²) in [7, 11) is 0. The number of aliphatic hydroxyl groups is 1. The van der Waals surface area contributed by atoms with E-state index in [1.165, 1.54) is 5.56 Å². The van der Waals surface area contributed by atoms with Gasteiger partial charge in [0.25, 0.3) is 0 Å². The van der Waals surface area contributed by atoms with Crippen molar-refractivity contribution in [3.8, 4) is 0 Å². The third-order valence-electron chi connectivity index (χ3n) is 4.96. The van der Waals surface area contributed by atoms with E-state index in [-0.39, 0.29) is 11.8 Å². The Morgan fingerprint density at radius 2 is 2.14 bits per heavy atom. The molecule has 1 aromatic carbocycles. The van der Waals surface area contributed by atoms with Crippen molar-refractivity contribution < 1.29 is 9.90 Å². The zero-order valence-electron chi connectivity index (χ0n) is 12.4. The molecule has 0 radical (unpaired) electrons. The van der Waals surface area contributed by atoms with Gasteiger partial charge in [0, 0.05) is 32.0 Å². The lowest BCUT2D eigenvalue weighted by Gasteiger charge is -2.47. The molecule has 2 heterocycles. The van der Waals surface area contributed by atoms with Crippen molar-refractivity contribution >= 4 is 5.91 Å². The second-order valence-electron chi connectivity index (χ2n) is 6.33. The summed E-state index contributed by atoms with van der Waals surface area (Å²) in [5.41, 5.74) is 0.653. The molecule has 0 aromatic heterocycles. The maximum atomic E-state index is 12.4. The molecule has 0 spiro atoms. The number of aryl methyl sites for hydroxylation is 1. The predicted octanol–water partition coefficient (Wildman–Crippen LogP) is 1.19. The van der Waals surface area contributed by atoms with Crippen LogP contribution in [0.15, 0.2) is 30.3 Å². The SMILES string of the molecule is O=C(CCc1ccccc1)N1CC[C@@]2(O)CCNC[C@H]2C1. The third-order valence-corrected chi connectivity index (χ3v) is 4.96. The number of benzene rings is 1. The Labute approximate surface area is 126 Å². The highest BCUT2D eigenvalue weighted by atomic mass is 16.3. The van der Waals surface area contributed by atoms with Crippen LogP contribution in [-0.4, -0.2) is 47.7 Å². The Morgan fingerprint density at radius 3 is 2.95 bits per heavy atom. The number of carbonyl (C=O) groups is 1. The molecular formula is C17H24N2O2. The third kappa shape index (κ3) is 3.27. The Morgan fingerprint density at radius 1 is 1.33 bits per heavy atom. The number of rotatable bonds is 3. The summed E-state index contributed by atoms with van der Waals surface area (Å²) in [6.07, 6.45) is 2.88. The first-order valence-electron chi connectivity index (χ1n) is 7.92. The standard InChI is InChI=1S/C17H24N2O2/c20-16(7-6-14-4-2-1-3-5-14)19-11-9-17(21)8-10-18-12-15(17)13-19/h1-5,15,18,21H,6-13H2/t15-,17-/m0/s1. The first-order valence-corrected chi connectivity index (χ1v) is 7.92. The van der Waals surface area contributed by atoms with E-state index in [0.717, 1.165) is 32.4 Å². The first-order chi connectivity index (χ1) is 10.2. The second-order valence-corrected chi connectivity index (χ2v) is 6.33. The fourth-order valence-electron chi connectivity index (χ4n) is 3.51. The second kappa shape index (κ2) is 6.16. The number of hydrogen-bond donors (Lipinski definition) is 2. The lowest BCUT2D eigenvalue weighted by Crippen LogP contribution is -2.59. The molecule has 0 bridgehead atoms. The minimum Gasteiger partial charge on any atom is -0.389 e. The zero-order valence-corrected chi connectivity index (χ0v) is 12.4. The Bertz CT molecular complexity index is 491. The van der Waals surface area contributed by atoms with Crippen molar-refractivity contribution in [2.45, 2.75) is 31.3 Å². The molecule has 114 valence electrons. The summed E-state index contributed by atoms with van der Waals surface area (Å²) < 4.78 is 0. The van der Waals surface area contributed by atoms with Crippen LogP contribution in [0.4, 0.5) is 0 Å². The molecule has 2 aliphatic rings. The number of carbonyl (C=O) groups excluding carboxylic acids is 1. The number of likely N-dealkylation sites (tertiary alicyclic amines) is 1. The number of amides is 1. The minimum absolute atomic E-state index is 0.181. The van der Waals surface area contributed by atoms with Crippen LogP contribution in [0.1, 0.15) is 24.8 Å². The molecule has 2 atom stereocenters. The van der Waals surface area contributed by atoms with Gasteiger partial charge in [-0.1, -0.05) is 30.3 Å². The molecule has 0 unspecified atom stereocenters. The Kier molecular flexibility index (Phi) is 4.27. The van der Waals surface area contributed by atoms with Crippen molar-refractivity contribution in [1.29, 1.82) is 0 Å². The highest BCUT2D eigenvalue weighted by Crippen LogP contribution is 2.33. The van der Waals surface area contributed by atoms with E-state index in [2.05, 4.69) is 17.4 Å². The van der Waals surface area contributed by atoms with E-state index in [1.54, 1.807) is 0 Å². The van der Waals surface area contributed by atoms with Gasteiger partial charge in [-0.15, -0.1) is 0 Å². The van der Waals surface area contributed by atoms with Gasteiger partial charge in [0.05, 0.1) is 5.60 Å². The number of piperidine rings is 2. The van der Waals surface area contributed by atoms with Crippen LogP contribution in [0.25, 0.3) is 0 Å². The van der Waals surface area contributed by atoms with Gasteiger partial charge in [0.15, 0.2) is 0 Å². The first kappa shape index (κ1) is 14.5. The van der Waals surface area contributed by atoms with Gasteiger partial charge < -0.3 is 15.3 Å². The van der Waals surface area contributed by atoms with E-state index < -0.39 is 5.60 Å². The fourth-order valence-corrected chi connectivity index (χ4v) is 3.51. The van der Waals surface area contributed by atoms with E-state index >= 15 is 0 Å². The van der Waals surface area contributed by atoms with Gasteiger partial charge in [-0.05, 0) is 31.4 Å². The summed E-state index contributed by atoms with van der Waals surface area (Å²) in [4.78, 5) is 14.3. The fraction of sp³-hybridized carbons (Fsp3) is 0.588. The van der Waals surface area contributed by atoms with Gasteiger partial charge >= 0.3 is 0 Å². The topological polar surface area (TPSA) is 52.6 Å². The minimum atomic E-state index is -0.554. The Balaban J connectivity index is 1.54. The van der Waals surface area contributed by atoms with E-state index in [4.69, 9.17) is 0 Å². The summed E-state index contributed by atoms with van der Waals surface area (Å²) >= 11 is 0. The zero-order chi connectivity index (χ0) is 14.7. The molecule has 2 N–H and O–H groups in total. The van der Waals surface area contributed by atoms with Gasteiger partial charge in [-0.2, -0.15) is 0 Å². The van der Waals surface area contributed by atoms with Crippen LogP contribution >= 0.6 is 0 Å². The van der Waals surface area contributed by atoms with E-state index in [9.17, 15) is 9.90 Å². The van der Waals surface area contributed by atoms with Gasteiger partial charge in [0.1, 0.15) is 0 Å². The van der Waals surface area contributed by atoms with Crippen molar-refractivity contribution in [3.63, 3.8) is 0 Å². The van der Waals surface area contributed by atoms with Crippen LogP contribution in [0, 0.1) is 5.92 Å². The van der Waals surface area contributed by atoms with E-state index in [0.29, 0.717) is 19.5 Å². The summed E-state index contributed by atoms with van der Waals surface area (Å²) in [6.45, 7) is 3.09. The summed E-state index contributed by atoms with van der Waals surface area (Å²) in [6, 6.07) is 10.1. The quantitative estimate of drug-likeness (QED) is 0.878. The maximum absolute atomic E-state index is 12.4. The monoisotopic (exact) mass is 288 g/mol. The molecule has 2 fully saturated rings. The van der Waals surface area contributed by atoms with Gasteiger partial charge in [-0.3, -0.25) is 4.79 Å². The smallest absolute Gasteiger partial charge is 0.222 e. The molecule has 1 aromatic rings. The number of nitrogens with one attached hydrogen (secondary N) is 1. The molecule has 1 amide bonds. The average Bonchev–Trinajstić information content (AvgIpc) is 2.52. The maximum Gasteiger partial charge on any atom is 0.222 e. The molecule has 4 nitrogen and oxygen atoms in total. The number of hydrogen-bond acceptors (Lipinski definition) is 3. The normalized spacial score (nSPS) is 29.0. The molecule has 0 saturated carbocycles. The molecule has 21 heavy (non-hydrogen) atoms. The Hall–Kier alpha value is -1.39. The largest absolute Gasteiger partial charge is 0.389 e. The van der Waals surface area contributed by atoms with Crippen LogP contribution < -0.4 is 5.32 Å². The van der Waals surface area contributed by atoms with Crippen molar-refractivity contribution in [1.82, 2.24) is 10.2 Å². The van der Waals surface area contributed by atoms with Crippen LogP contribution in [0.5, 0.6) is 0 Å². The van der Waals surface area contributed by atoms with Gasteiger partial charge in [0.2, 0.25) is 5.91 Å². The van der Waals surface area contributed by atoms with E-state index in [1.807, 2.05) is 23.1 Å². The van der Waals surface area contributed by atoms with Crippen molar-refractivity contribution in [3.05, 3.63) is 35.9 Å². The molecule has 2 saturated heterocycles. The van der Waals surface area contributed by atoms with Gasteiger partial charge in [-0.25, -0.2) is 0 Å². The van der Waals surface area contributed by atoms with Crippen molar-refractivity contribution in [2.75, 3.05) is 26.2 Å². The van der Waals surface area contributed by atoms with Crippen LogP contribution in [-0.2, 0) is 11.2 Å². The highest BCUT2D eigenvalue weighted by molar-refractivity contribution is 5.76. The lowest BCUT2D eigenvalue weighted by molar-refractivity contribution is -0.142. The highest BCUT2D eigenvalue weighted by Gasteiger charge is 2.43. The summed E-state index contributed by atoms with van der Waals surface area (Å²) in [5, 5.41) is 13.9. The molecule has 3 rings (SSSR count). The van der Waals surface area contributed by atoms with Crippen molar-refractivity contribution in [2.24, 2.45) is 5.92 Å². The number of fused-ring (bicyclic) bond motifs is 1.